The number of anilines is 1. The van der Waals surface area contributed by atoms with E-state index in [-0.39, 0.29) is 5.75 Å². The molecule has 3 rings (SSSR count). The van der Waals surface area contributed by atoms with Gasteiger partial charge in [0.1, 0.15) is 0 Å². The summed E-state index contributed by atoms with van der Waals surface area (Å²) in [5.41, 5.74) is 3.77. The molecule has 0 atom stereocenters. The SMILES string of the molecule is O=S(=O)(CCCc1ccccc1)NCCN1CCc2ccccc21. The van der Waals surface area contributed by atoms with Gasteiger partial charge in [-0.1, -0.05) is 48.5 Å². The first kappa shape index (κ1) is 17.0. The molecule has 24 heavy (non-hydrogen) atoms. The summed E-state index contributed by atoms with van der Waals surface area (Å²) < 4.78 is 27.0. The van der Waals surface area contributed by atoms with E-state index < -0.39 is 10.0 Å². The minimum atomic E-state index is -3.20. The summed E-state index contributed by atoms with van der Waals surface area (Å²) in [6.07, 6.45) is 2.48. The monoisotopic (exact) mass is 344 g/mol. The summed E-state index contributed by atoms with van der Waals surface area (Å²) in [6, 6.07) is 18.3. The normalized spacial score (nSPS) is 13.9. The van der Waals surface area contributed by atoms with Crippen molar-refractivity contribution in [2.75, 3.05) is 30.3 Å². The summed E-state index contributed by atoms with van der Waals surface area (Å²) in [4.78, 5) is 2.25. The molecule has 1 aliphatic rings. The molecule has 0 radical (unpaired) electrons. The fraction of sp³-hybridized carbons (Fsp3) is 0.368. The van der Waals surface area contributed by atoms with Crippen LogP contribution in [-0.4, -0.2) is 33.8 Å². The van der Waals surface area contributed by atoms with Gasteiger partial charge in [0.2, 0.25) is 10.0 Å². The van der Waals surface area contributed by atoms with E-state index in [4.69, 9.17) is 0 Å². The molecule has 5 heteroatoms. The standard InChI is InChI=1S/C19H24N2O2S/c22-24(23,16-6-9-17-7-2-1-3-8-17)20-13-15-21-14-12-18-10-4-5-11-19(18)21/h1-5,7-8,10-11,20H,6,9,12-16H2. The van der Waals surface area contributed by atoms with E-state index in [2.05, 4.69) is 27.8 Å². The maximum Gasteiger partial charge on any atom is 0.211 e. The highest BCUT2D eigenvalue weighted by Gasteiger charge is 2.18. The molecule has 0 spiro atoms. The van der Waals surface area contributed by atoms with Crippen LogP contribution in [-0.2, 0) is 22.9 Å². The number of fused-ring (bicyclic) bond motifs is 1. The van der Waals surface area contributed by atoms with Crippen LogP contribution in [0.3, 0.4) is 0 Å². The fourth-order valence-electron chi connectivity index (χ4n) is 3.16. The summed E-state index contributed by atoms with van der Waals surface area (Å²) in [6.45, 7) is 2.14. The molecule has 0 saturated heterocycles. The number of rotatable bonds is 8. The number of sulfonamides is 1. The van der Waals surface area contributed by atoms with E-state index >= 15 is 0 Å². The lowest BCUT2D eigenvalue weighted by Crippen LogP contribution is -2.35. The second kappa shape index (κ2) is 7.81. The Morgan fingerprint density at radius 1 is 1.00 bits per heavy atom. The molecule has 4 nitrogen and oxygen atoms in total. The number of para-hydroxylation sites is 1. The molecule has 1 N–H and O–H groups in total. The molecule has 0 aliphatic carbocycles. The van der Waals surface area contributed by atoms with Gasteiger partial charge in [0.15, 0.2) is 0 Å². The Balaban J connectivity index is 1.41. The largest absolute Gasteiger partial charge is 0.370 e. The lowest BCUT2D eigenvalue weighted by atomic mass is 10.1. The zero-order valence-electron chi connectivity index (χ0n) is 13.8. The van der Waals surface area contributed by atoms with Gasteiger partial charge in [0.25, 0.3) is 0 Å². The van der Waals surface area contributed by atoms with Gasteiger partial charge in [-0.2, -0.15) is 0 Å². The van der Waals surface area contributed by atoms with Gasteiger partial charge >= 0.3 is 0 Å². The lowest BCUT2D eigenvalue weighted by molar-refractivity contribution is 0.578. The Kier molecular flexibility index (Phi) is 5.53. The van der Waals surface area contributed by atoms with Crippen molar-refractivity contribution in [3.8, 4) is 0 Å². The van der Waals surface area contributed by atoms with Crippen molar-refractivity contribution >= 4 is 15.7 Å². The highest BCUT2D eigenvalue weighted by atomic mass is 32.2. The molecular formula is C19H24N2O2S. The van der Waals surface area contributed by atoms with Crippen molar-refractivity contribution in [3.63, 3.8) is 0 Å². The number of nitrogens with one attached hydrogen (secondary N) is 1. The molecule has 2 aromatic rings. The van der Waals surface area contributed by atoms with Crippen LogP contribution >= 0.6 is 0 Å². The molecule has 0 saturated carbocycles. The maximum absolute atomic E-state index is 12.1. The molecule has 0 unspecified atom stereocenters. The van der Waals surface area contributed by atoms with E-state index in [1.54, 1.807) is 0 Å². The van der Waals surface area contributed by atoms with Crippen LogP contribution in [0.5, 0.6) is 0 Å². The lowest BCUT2D eigenvalue weighted by Gasteiger charge is -2.19. The third-order valence-electron chi connectivity index (χ3n) is 4.41. The van der Waals surface area contributed by atoms with Crippen LogP contribution < -0.4 is 9.62 Å². The van der Waals surface area contributed by atoms with Crippen molar-refractivity contribution in [2.24, 2.45) is 0 Å². The van der Waals surface area contributed by atoms with Gasteiger partial charge < -0.3 is 4.90 Å². The van der Waals surface area contributed by atoms with Crippen LogP contribution in [0.25, 0.3) is 0 Å². The van der Waals surface area contributed by atoms with Crippen LogP contribution in [0.15, 0.2) is 54.6 Å². The Hall–Kier alpha value is -1.85. The van der Waals surface area contributed by atoms with Gasteiger partial charge in [-0.3, -0.25) is 0 Å². The molecule has 0 fully saturated rings. The number of nitrogens with zero attached hydrogens (tertiary/aromatic N) is 1. The molecule has 0 aromatic heterocycles. The topological polar surface area (TPSA) is 49.4 Å². The van der Waals surface area contributed by atoms with Crippen molar-refractivity contribution < 1.29 is 8.42 Å². The average molecular weight is 344 g/mol. The van der Waals surface area contributed by atoms with Crippen molar-refractivity contribution in [1.29, 1.82) is 0 Å². The van der Waals surface area contributed by atoms with E-state index in [0.717, 1.165) is 25.9 Å². The van der Waals surface area contributed by atoms with Crippen molar-refractivity contribution in [1.82, 2.24) is 4.72 Å². The number of hydrogen-bond acceptors (Lipinski definition) is 3. The maximum atomic E-state index is 12.1. The first-order valence-corrected chi connectivity index (χ1v) is 10.1. The zero-order valence-corrected chi connectivity index (χ0v) is 14.6. The quantitative estimate of drug-likeness (QED) is 0.801. The predicted molar refractivity (Wildman–Crippen MR) is 98.9 cm³/mol. The Morgan fingerprint density at radius 2 is 1.75 bits per heavy atom. The molecule has 0 bridgehead atoms. The van der Waals surface area contributed by atoms with Gasteiger partial charge in [0.05, 0.1) is 5.75 Å². The van der Waals surface area contributed by atoms with Crippen LogP contribution in [0.1, 0.15) is 17.5 Å². The minimum absolute atomic E-state index is 0.179. The minimum Gasteiger partial charge on any atom is -0.370 e. The summed E-state index contributed by atoms with van der Waals surface area (Å²) in [5, 5.41) is 0. The van der Waals surface area contributed by atoms with Crippen LogP contribution in [0.2, 0.25) is 0 Å². The van der Waals surface area contributed by atoms with Crippen molar-refractivity contribution in [3.05, 3.63) is 65.7 Å². The van der Waals surface area contributed by atoms with Gasteiger partial charge in [-0.25, -0.2) is 13.1 Å². The Bertz CT molecular complexity index is 760. The first-order chi connectivity index (χ1) is 11.6. The fourth-order valence-corrected chi connectivity index (χ4v) is 4.23. The molecule has 1 aliphatic heterocycles. The number of aryl methyl sites for hydroxylation is 1. The second-order valence-corrected chi connectivity index (χ2v) is 8.09. The first-order valence-electron chi connectivity index (χ1n) is 8.48. The van der Waals surface area contributed by atoms with Gasteiger partial charge in [-0.15, -0.1) is 0 Å². The van der Waals surface area contributed by atoms with Gasteiger partial charge in [-0.05, 0) is 36.5 Å². The summed E-state index contributed by atoms with van der Waals surface area (Å²) >= 11 is 0. The molecular weight excluding hydrogens is 320 g/mol. The molecule has 0 amide bonds. The van der Waals surface area contributed by atoms with E-state index in [1.165, 1.54) is 16.8 Å². The van der Waals surface area contributed by atoms with Crippen LogP contribution in [0, 0.1) is 0 Å². The third kappa shape index (κ3) is 4.58. The summed E-state index contributed by atoms with van der Waals surface area (Å²) in [7, 11) is -3.20. The Labute approximate surface area is 144 Å². The molecule has 2 aromatic carbocycles. The van der Waals surface area contributed by atoms with E-state index in [0.29, 0.717) is 13.0 Å². The van der Waals surface area contributed by atoms with E-state index in [1.807, 2.05) is 36.4 Å². The highest BCUT2D eigenvalue weighted by molar-refractivity contribution is 7.89. The summed E-state index contributed by atoms with van der Waals surface area (Å²) in [5.74, 6) is 0.179. The van der Waals surface area contributed by atoms with Gasteiger partial charge in [0, 0.05) is 25.3 Å². The number of benzene rings is 2. The van der Waals surface area contributed by atoms with Crippen molar-refractivity contribution in [2.45, 2.75) is 19.3 Å². The zero-order chi connectivity index (χ0) is 16.8. The smallest absolute Gasteiger partial charge is 0.211 e. The predicted octanol–water partition coefficient (Wildman–Crippen LogP) is 2.60. The highest BCUT2D eigenvalue weighted by Crippen LogP contribution is 2.26. The third-order valence-corrected chi connectivity index (χ3v) is 5.88. The van der Waals surface area contributed by atoms with E-state index in [9.17, 15) is 8.42 Å². The molecule has 1 heterocycles. The second-order valence-electron chi connectivity index (χ2n) is 6.17. The molecule has 128 valence electrons. The average Bonchev–Trinajstić information content (AvgIpc) is 2.99. The van der Waals surface area contributed by atoms with Crippen LogP contribution in [0.4, 0.5) is 5.69 Å². The number of hydrogen-bond donors (Lipinski definition) is 1. The Morgan fingerprint density at radius 3 is 2.58 bits per heavy atom.